The lowest BCUT2D eigenvalue weighted by Crippen LogP contribution is -2.47. The van der Waals surface area contributed by atoms with E-state index in [4.69, 9.17) is 5.11 Å². The van der Waals surface area contributed by atoms with Crippen molar-refractivity contribution >= 4 is 23.2 Å². The third-order valence-corrected chi connectivity index (χ3v) is 5.16. The van der Waals surface area contributed by atoms with E-state index in [1.807, 2.05) is 11.8 Å². The predicted octanol–water partition coefficient (Wildman–Crippen LogP) is 2.04. The average Bonchev–Trinajstić information content (AvgIpc) is 3.04. The fourth-order valence-electron chi connectivity index (χ4n) is 2.80. The van der Waals surface area contributed by atoms with Crippen LogP contribution in [-0.2, 0) is 16.0 Å². The van der Waals surface area contributed by atoms with E-state index >= 15 is 0 Å². The molecule has 0 unspecified atom stereocenters. The van der Waals surface area contributed by atoms with Gasteiger partial charge in [0, 0.05) is 34.8 Å². The first kappa shape index (κ1) is 17.0. The van der Waals surface area contributed by atoms with E-state index in [2.05, 4.69) is 24.4 Å². The number of hydrogen-bond acceptors (Lipinski definition) is 4. The minimum absolute atomic E-state index is 0.0593. The number of carbonyl (C=O) groups excluding carboxylic acids is 1. The van der Waals surface area contributed by atoms with Crippen molar-refractivity contribution in [3.63, 3.8) is 0 Å². The summed E-state index contributed by atoms with van der Waals surface area (Å²) < 4.78 is 0. The van der Waals surface area contributed by atoms with Gasteiger partial charge in [-0.3, -0.25) is 14.9 Å². The lowest BCUT2D eigenvalue weighted by atomic mass is 10.0. The molecule has 2 rings (SSSR count). The molecule has 1 atom stereocenters. The number of nitrogens with zero attached hydrogens (tertiary/aromatic N) is 1. The Morgan fingerprint density at radius 1 is 1.45 bits per heavy atom. The van der Waals surface area contributed by atoms with Gasteiger partial charge in [0.25, 0.3) is 0 Å². The number of carboxylic acid groups (broad SMARTS) is 1. The molecule has 5 nitrogen and oxygen atoms in total. The molecule has 0 aromatic carbocycles. The number of aryl methyl sites for hydroxylation is 2. The van der Waals surface area contributed by atoms with Crippen molar-refractivity contribution in [1.82, 2.24) is 10.2 Å². The molecule has 122 valence electrons. The van der Waals surface area contributed by atoms with E-state index in [9.17, 15) is 9.59 Å². The molecular weight excluding hydrogens is 300 g/mol. The molecule has 1 aliphatic rings. The average molecular weight is 324 g/mol. The summed E-state index contributed by atoms with van der Waals surface area (Å²) in [5.74, 6) is -0.689. The summed E-state index contributed by atoms with van der Waals surface area (Å²) in [5.41, 5.74) is -0.279. The van der Waals surface area contributed by atoms with Gasteiger partial charge in [0.15, 0.2) is 0 Å². The third kappa shape index (κ3) is 4.81. The molecule has 2 N–H and O–H groups in total. The molecule has 22 heavy (non-hydrogen) atoms. The first-order valence-corrected chi connectivity index (χ1v) is 8.49. The maximum absolute atomic E-state index is 12.3. The Hall–Kier alpha value is -1.40. The van der Waals surface area contributed by atoms with Gasteiger partial charge in [-0.05, 0) is 45.2 Å². The Balaban J connectivity index is 1.73. The smallest absolute Gasteiger partial charge is 0.317 e. The third-order valence-electron chi connectivity index (χ3n) is 4.10. The summed E-state index contributed by atoms with van der Waals surface area (Å²) in [6, 6.07) is 4.25. The van der Waals surface area contributed by atoms with Crippen molar-refractivity contribution in [2.45, 2.75) is 45.1 Å². The molecule has 0 radical (unpaired) electrons. The van der Waals surface area contributed by atoms with Crippen molar-refractivity contribution in [2.75, 3.05) is 19.6 Å². The van der Waals surface area contributed by atoms with E-state index in [1.165, 1.54) is 9.75 Å². The zero-order valence-corrected chi connectivity index (χ0v) is 14.0. The van der Waals surface area contributed by atoms with Crippen LogP contribution in [0.1, 0.15) is 35.9 Å². The first-order valence-electron chi connectivity index (χ1n) is 7.68. The summed E-state index contributed by atoms with van der Waals surface area (Å²) in [7, 11) is 0. The van der Waals surface area contributed by atoms with Gasteiger partial charge in [-0.2, -0.15) is 0 Å². The van der Waals surface area contributed by atoms with E-state index < -0.39 is 5.97 Å². The number of rotatable bonds is 7. The fraction of sp³-hybridized carbons (Fsp3) is 0.625. The van der Waals surface area contributed by atoms with Crippen LogP contribution in [-0.4, -0.2) is 47.1 Å². The second-order valence-electron chi connectivity index (χ2n) is 6.24. The molecule has 0 spiro atoms. The van der Waals surface area contributed by atoms with E-state index in [-0.39, 0.29) is 18.0 Å². The number of carboxylic acids is 1. The van der Waals surface area contributed by atoms with Gasteiger partial charge < -0.3 is 10.0 Å². The van der Waals surface area contributed by atoms with Gasteiger partial charge in [-0.1, -0.05) is 0 Å². The Morgan fingerprint density at radius 2 is 2.23 bits per heavy atom. The molecule has 2 heterocycles. The van der Waals surface area contributed by atoms with Crippen molar-refractivity contribution in [2.24, 2.45) is 0 Å². The monoisotopic (exact) mass is 324 g/mol. The minimum atomic E-state index is -0.864. The molecule has 1 saturated heterocycles. The molecule has 1 amide bonds. The van der Waals surface area contributed by atoms with E-state index in [1.54, 1.807) is 11.3 Å². The molecule has 0 bridgehead atoms. The zero-order chi connectivity index (χ0) is 16.2. The van der Waals surface area contributed by atoms with Gasteiger partial charge >= 0.3 is 5.97 Å². The number of thiophene rings is 1. The van der Waals surface area contributed by atoms with Crippen molar-refractivity contribution in [3.8, 4) is 0 Å². The summed E-state index contributed by atoms with van der Waals surface area (Å²) in [5, 5.41) is 11.8. The number of nitrogens with one attached hydrogen (secondary N) is 1. The van der Waals surface area contributed by atoms with Crippen LogP contribution < -0.4 is 5.32 Å². The highest BCUT2D eigenvalue weighted by atomic mass is 32.1. The Morgan fingerprint density at radius 3 is 2.86 bits per heavy atom. The van der Waals surface area contributed by atoms with E-state index in [0.717, 1.165) is 19.3 Å². The highest BCUT2D eigenvalue weighted by Gasteiger charge is 2.35. The zero-order valence-electron chi connectivity index (χ0n) is 13.2. The molecule has 0 saturated carbocycles. The summed E-state index contributed by atoms with van der Waals surface area (Å²) in [4.78, 5) is 27.4. The Labute approximate surface area is 135 Å². The van der Waals surface area contributed by atoms with E-state index in [0.29, 0.717) is 19.5 Å². The predicted molar refractivity (Wildman–Crippen MR) is 87.2 cm³/mol. The normalized spacial score (nSPS) is 21.3. The first-order chi connectivity index (χ1) is 10.4. The largest absolute Gasteiger partial charge is 0.480 e. The fourth-order valence-corrected chi connectivity index (χ4v) is 3.73. The summed E-state index contributed by atoms with van der Waals surface area (Å²) in [6.07, 6.45) is 3.18. The van der Waals surface area contributed by atoms with Gasteiger partial charge in [-0.25, -0.2) is 0 Å². The van der Waals surface area contributed by atoms with Crippen LogP contribution in [0.25, 0.3) is 0 Å². The summed E-state index contributed by atoms with van der Waals surface area (Å²) in [6.45, 7) is 5.32. The number of aliphatic carboxylic acids is 1. The molecule has 6 heteroatoms. The second-order valence-corrected chi connectivity index (χ2v) is 7.61. The van der Waals surface area contributed by atoms with Crippen LogP contribution in [0.5, 0.6) is 0 Å². The van der Waals surface area contributed by atoms with Crippen molar-refractivity contribution < 1.29 is 14.7 Å². The molecular formula is C16H24N2O3S. The van der Waals surface area contributed by atoms with Crippen LogP contribution in [0.4, 0.5) is 0 Å². The van der Waals surface area contributed by atoms with Crippen LogP contribution >= 0.6 is 11.3 Å². The lowest BCUT2D eigenvalue weighted by Gasteiger charge is -2.25. The van der Waals surface area contributed by atoms with Gasteiger partial charge in [0.05, 0.1) is 6.54 Å². The SMILES string of the molecule is Cc1ccc(CCCC(=O)N2CC[C@](C)(NCC(=O)O)C2)s1. The molecule has 1 aromatic rings. The summed E-state index contributed by atoms with van der Waals surface area (Å²) >= 11 is 1.79. The Kier molecular flexibility index (Phi) is 5.58. The molecule has 1 aromatic heterocycles. The van der Waals surface area contributed by atoms with Crippen molar-refractivity contribution in [3.05, 3.63) is 21.9 Å². The van der Waals surface area contributed by atoms with Crippen LogP contribution in [0, 0.1) is 6.92 Å². The molecule has 0 aliphatic carbocycles. The Bertz CT molecular complexity index is 543. The number of likely N-dealkylation sites (tertiary alicyclic amines) is 1. The minimum Gasteiger partial charge on any atom is -0.480 e. The van der Waals surface area contributed by atoms with Crippen LogP contribution in [0.3, 0.4) is 0 Å². The quantitative estimate of drug-likeness (QED) is 0.805. The van der Waals surface area contributed by atoms with Crippen LogP contribution in [0.15, 0.2) is 12.1 Å². The highest BCUT2D eigenvalue weighted by Crippen LogP contribution is 2.22. The number of carbonyl (C=O) groups is 2. The second kappa shape index (κ2) is 7.24. The highest BCUT2D eigenvalue weighted by molar-refractivity contribution is 7.11. The van der Waals surface area contributed by atoms with Crippen LogP contribution in [0.2, 0.25) is 0 Å². The van der Waals surface area contributed by atoms with Gasteiger partial charge in [-0.15, -0.1) is 11.3 Å². The number of hydrogen-bond donors (Lipinski definition) is 2. The maximum atomic E-state index is 12.3. The number of amides is 1. The molecule has 1 aliphatic heterocycles. The maximum Gasteiger partial charge on any atom is 0.317 e. The topological polar surface area (TPSA) is 69.6 Å². The standard InChI is InChI=1S/C16H24N2O3S/c1-12-6-7-13(22-12)4-3-5-14(19)18-9-8-16(2,11-18)17-10-15(20)21/h6-7,17H,3-5,8-11H2,1-2H3,(H,20,21)/t16-/m0/s1. The van der Waals surface area contributed by atoms with Crippen molar-refractivity contribution in [1.29, 1.82) is 0 Å². The van der Waals surface area contributed by atoms with Gasteiger partial charge in [0.2, 0.25) is 5.91 Å². The van der Waals surface area contributed by atoms with Gasteiger partial charge in [0.1, 0.15) is 0 Å². The lowest BCUT2D eigenvalue weighted by molar-refractivity contribution is -0.136. The molecule has 1 fully saturated rings.